The number of fused-ring (bicyclic) bond motifs is 1. The Morgan fingerprint density at radius 1 is 1.21 bits per heavy atom. The van der Waals surface area contributed by atoms with Gasteiger partial charge in [-0.1, -0.05) is 55.1 Å². The lowest BCUT2D eigenvalue weighted by atomic mass is 10.1. The Hall–Kier alpha value is -2.96. The number of benzene rings is 2. The third kappa shape index (κ3) is 5.06. The van der Waals surface area contributed by atoms with Crippen LogP contribution in [0.2, 0.25) is 0 Å². The third-order valence-corrected chi connectivity index (χ3v) is 4.79. The first-order valence-electron chi connectivity index (χ1n) is 9.40. The van der Waals surface area contributed by atoms with Crippen LogP contribution in [0.4, 0.5) is 0 Å². The van der Waals surface area contributed by atoms with Gasteiger partial charge in [0.25, 0.3) is 0 Å². The van der Waals surface area contributed by atoms with E-state index in [0.717, 1.165) is 36.8 Å². The zero-order valence-corrected chi connectivity index (χ0v) is 16.2. The Morgan fingerprint density at radius 3 is 2.79 bits per heavy atom. The Labute approximate surface area is 165 Å². The monoisotopic (exact) mass is 377 g/mol. The molecular weight excluding hydrogens is 350 g/mol. The molecule has 6 heteroatoms. The van der Waals surface area contributed by atoms with Crippen LogP contribution < -0.4 is 5.32 Å². The summed E-state index contributed by atoms with van der Waals surface area (Å²) >= 11 is 0. The van der Waals surface area contributed by atoms with Crippen LogP contribution in [-0.2, 0) is 17.9 Å². The third-order valence-electron chi connectivity index (χ3n) is 4.79. The molecule has 0 radical (unpaired) electrons. The van der Waals surface area contributed by atoms with E-state index in [1.807, 2.05) is 29.3 Å². The van der Waals surface area contributed by atoms with Crippen molar-refractivity contribution in [2.75, 3.05) is 20.1 Å². The second kappa shape index (κ2) is 9.82. The molecule has 0 amide bonds. The summed E-state index contributed by atoms with van der Waals surface area (Å²) in [6.07, 6.45) is 4.44. The number of aromatic nitrogens is 2. The predicted molar refractivity (Wildman–Crippen MR) is 112 cm³/mol. The van der Waals surface area contributed by atoms with Crippen molar-refractivity contribution in [3.05, 3.63) is 78.6 Å². The second-order valence-corrected chi connectivity index (χ2v) is 6.88. The van der Waals surface area contributed by atoms with Gasteiger partial charge in [-0.25, -0.2) is 0 Å². The minimum Gasteiger partial charge on any atom is -0.354 e. The van der Waals surface area contributed by atoms with Gasteiger partial charge in [0.05, 0.1) is 24.4 Å². The highest BCUT2D eigenvalue weighted by Gasteiger charge is 2.17. The lowest BCUT2D eigenvalue weighted by molar-refractivity contribution is -0.109. The zero-order valence-electron chi connectivity index (χ0n) is 16.2. The number of aromatic amines is 1. The normalized spacial score (nSPS) is 12.2. The summed E-state index contributed by atoms with van der Waals surface area (Å²) in [5.41, 5.74) is 3.46. The number of aldehydes is 1. The number of hydrogen-bond acceptors (Lipinski definition) is 5. The maximum atomic E-state index is 11.1. The Bertz CT molecular complexity index is 892. The van der Waals surface area contributed by atoms with Crippen molar-refractivity contribution in [1.82, 2.24) is 25.3 Å². The Kier molecular flexibility index (Phi) is 6.94. The summed E-state index contributed by atoms with van der Waals surface area (Å²) in [6, 6.07) is 16.5. The van der Waals surface area contributed by atoms with Gasteiger partial charge in [-0.05, 0) is 24.4 Å². The number of H-pyrrole nitrogens is 1. The summed E-state index contributed by atoms with van der Waals surface area (Å²) in [5.74, 6) is 0. The summed E-state index contributed by atoms with van der Waals surface area (Å²) in [4.78, 5) is 15.3. The van der Waals surface area contributed by atoms with Crippen LogP contribution in [0.5, 0.6) is 0 Å². The van der Waals surface area contributed by atoms with Crippen molar-refractivity contribution in [3.63, 3.8) is 0 Å². The molecule has 0 aliphatic rings. The molecule has 0 saturated carbocycles. The maximum absolute atomic E-state index is 11.1. The minimum atomic E-state index is -0.0334. The molecule has 0 aliphatic heterocycles. The molecule has 0 spiro atoms. The maximum Gasteiger partial charge on any atom is 0.139 e. The van der Waals surface area contributed by atoms with Gasteiger partial charge in [-0.3, -0.25) is 15.3 Å². The highest BCUT2D eigenvalue weighted by Crippen LogP contribution is 2.17. The molecule has 1 heterocycles. The second-order valence-electron chi connectivity index (χ2n) is 6.88. The zero-order chi connectivity index (χ0) is 19.8. The summed E-state index contributed by atoms with van der Waals surface area (Å²) < 4.78 is 0. The van der Waals surface area contributed by atoms with Crippen LogP contribution >= 0.6 is 0 Å². The molecule has 3 rings (SSSR count). The lowest BCUT2D eigenvalue weighted by Gasteiger charge is -2.33. The summed E-state index contributed by atoms with van der Waals surface area (Å²) in [6.45, 7) is 6.41. The van der Waals surface area contributed by atoms with Gasteiger partial charge >= 0.3 is 0 Å². The smallest absolute Gasteiger partial charge is 0.139 e. The molecule has 1 atom stereocenters. The number of carbonyl (C=O) groups is 1. The number of para-hydroxylation sites is 1. The Morgan fingerprint density at radius 2 is 2.04 bits per heavy atom. The number of rotatable bonds is 11. The summed E-state index contributed by atoms with van der Waals surface area (Å²) in [7, 11) is 2.08. The predicted octanol–water partition coefficient (Wildman–Crippen LogP) is 2.76. The van der Waals surface area contributed by atoms with E-state index in [4.69, 9.17) is 0 Å². The van der Waals surface area contributed by atoms with Crippen LogP contribution in [0.1, 0.15) is 11.1 Å². The van der Waals surface area contributed by atoms with E-state index >= 15 is 0 Å². The van der Waals surface area contributed by atoms with E-state index in [9.17, 15) is 4.79 Å². The topological polar surface area (TPSA) is 64.3 Å². The van der Waals surface area contributed by atoms with Gasteiger partial charge in [0.1, 0.15) is 6.29 Å². The van der Waals surface area contributed by atoms with Crippen molar-refractivity contribution in [2.45, 2.75) is 19.3 Å². The van der Waals surface area contributed by atoms with Crippen LogP contribution in [0.25, 0.3) is 10.9 Å². The van der Waals surface area contributed by atoms with Gasteiger partial charge in [0, 0.05) is 25.0 Å². The van der Waals surface area contributed by atoms with Crippen molar-refractivity contribution >= 4 is 17.2 Å². The highest BCUT2D eigenvalue weighted by atomic mass is 16.1. The largest absolute Gasteiger partial charge is 0.354 e. The molecule has 146 valence electrons. The first kappa shape index (κ1) is 19.8. The quantitative estimate of drug-likeness (QED) is 0.397. The van der Waals surface area contributed by atoms with Crippen LogP contribution in [0.3, 0.4) is 0 Å². The molecule has 2 N–H and O–H groups in total. The van der Waals surface area contributed by atoms with E-state index in [-0.39, 0.29) is 6.17 Å². The summed E-state index contributed by atoms with van der Waals surface area (Å²) in [5, 5.41) is 11.9. The fourth-order valence-electron chi connectivity index (χ4n) is 3.35. The van der Waals surface area contributed by atoms with Crippen LogP contribution in [-0.4, -0.2) is 52.6 Å². The van der Waals surface area contributed by atoms with Gasteiger partial charge in [0.15, 0.2) is 0 Å². The van der Waals surface area contributed by atoms with E-state index in [0.29, 0.717) is 6.54 Å². The van der Waals surface area contributed by atoms with Crippen molar-refractivity contribution in [2.24, 2.45) is 0 Å². The number of nitrogens with zero attached hydrogens (tertiary/aromatic N) is 3. The molecule has 0 fully saturated rings. The van der Waals surface area contributed by atoms with Gasteiger partial charge in [-0.2, -0.15) is 5.10 Å². The standard InChI is InChI=1S/C22H27N5O/c1-3-27(12-13-28)21(23-14-18-8-5-4-6-9-18)17-26(2)16-20-11-7-10-19-15-24-25-22(19)20/h3-11,13,15,21,23H,1,12,14,16-17H2,2H3,(H,24,25). The molecule has 6 nitrogen and oxygen atoms in total. The fourth-order valence-corrected chi connectivity index (χ4v) is 3.35. The van der Waals surface area contributed by atoms with E-state index in [1.165, 1.54) is 11.1 Å². The van der Waals surface area contributed by atoms with Crippen molar-refractivity contribution in [3.8, 4) is 0 Å². The van der Waals surface area contributed by atoms with E-state index in [2.05, 4.69) is 64.4 Å². The van der Waals surface area contributed by atoms with Crippen molar-refractivity contribution in [1.29, 1.82) is 0 Å². The molecule has 1 unspecified atom stereocenters. The number of carbonyl (C=O) groups excluding carboxylic acids is 1. The first-order chi connectivity index (χ1) is 13.7. The molecular formula is C22H27N5O. The van der Waals surface area contributed by atoms with E-state index < -0.39 is 0 Å². The first-order valence-corrected chi connectivity index (χ1v) is 9.40. The van der Waals surface area contributed by atoms with E-state index in [1.54, 1.807) is 6.20 Å². The van der Waals surface area contributed by atoms with Gasteiger partial charge < -0.3 is 9.69 Å². The average Bonchev–Trinajstić information content (AvgIpc) is 3.20. The molecule has 0 bridgehead atoms. The van der Waals surface area contributed by atoms with Gasteiger partial charge in [-0.15, -0.1) is 0 Å². The average molecular weight is 377 g/mol. The molecule has 1 aromatic heterocycles. The number of nitrogens with one attached hydrogen (secondary N) is 2. The fraction of sp³-hybridized carbons (Fsp3) is 0.273. The molecule has 2 aromatic carbocycles. The van der Waals surface area contributed by atoms with Crippen LogP contribution in [0.15, 0.2) is 67.5 Å². The number of likely N-dealkylation sites (N-methyl/N-ethyl adjacent to an activating group) is 1. The Balaban J connectivity index is 1.69. The highest BCUT2D eigenvalue weighted by molar-refractivity contribution is 5.81. The molecule has 0 aliphatic carbocycles. The van der Waals surface area contributed by atoms with Crippen molar-refractivity contribution < 1.29 is 4.79 Å². The molecule has 3 aromatic rings. The van der Waals surface area contributed by atoms with Crippen LogP contribution in [0, 0.1) is 0 Å². The molecule has 28 heavy (non-hydrogen) atoms. The molecule has 0 saturated heterocycles. The van der Waals surface area contributed by atoms with Gasteiger partial charge in [0.2, 0.25) is 0 Å². The lowest BCUT2D eigenvalue weighted by Crippen LogP contribution is -2.49. The SMILES string of the molecule is C=CN(CC=O)C(CN(C)Cc1cccc2cn[nH]c12)NCc1ccccc1. The number of hydrogen-bond donors (Lipinski definition) is 2. The minimum absolute atomic E-state index is 0.0334.